The van der Waals surface area contributed by atoms with Gasteiger partial charge in [-0.15, -0.1) is 0 Å². The summed E-state index contributed by atoms with van der Waals surface area (Å²) in [5, 5.41) is 3.62. The van der Waals surface area contributed by atoms with Crippen LogP contribution in [-0.2, 0) is 17.6 Å². The van der Waals surface area contributed by atoms with Crippen LogP contribution in [0.25, 0.3) is 28.2 Å². The molecule has 0 aliphatic heterocycles. The molecule has 36 heavy (non-hydrogen) atoms. The molecule has 1 amide bonds. The van der Waals surface area contributed by atoms with Crippen molar-refractivity contribution in [1.29, 1.82) is 0 Å². The first kappa shape index (κ1) is 23.4. The molecular formula is C30H27NO5. The topological polar surface area (TPSA) is 77.8 Å². The van der Waals surface area contributed by atoms with E-state index in [0.717, 1.165) is 41.3 Å². The zero-order valence-corrected chi connectivity index (χ0v) is 20.5. The first-order valence-electron chi connectivity index (χ1n) is 11.9. The zero-order chi connectivity index (χ0) is 25.2. The van der Waals surface area contributed by atoms with Gasteiger partial charge in [-0.2, -0.15) is 0 Å². The minimum atomic E-state index is -0.577. The fraction of sp³-hybridized carbons (Fsp3) is 0.200. The van der Waals surface area contributed by atoms with Crippen LogP contribution in [0.15, 0.2) is 69.9 Å². The predicted molar refractivity (Wildman–Crippen MR) is 142 cm³/mol. The van der Waals surface area contributed by atoms with E-state index < -0.39 is 11.5 Å². The van der Waals surface area contributed by atoms with Crippen molar-refractivity contribution in [1.82, 2.24) is 0 Å². The van der Waals surface area contributed by atoms with E-state index in [9.17, 15) is 9.59 Å². The van der Waals surface area contributed by atoms with Crippen LogP contribution in [0, 0.1) is 6.92 Å². The Bertz CT molecular complexity index is 1560. The Morgan fingerprint density at radius 2 is 1.72 bits per heavy atom. The Hall–Kier alpha value is -4.32. The Balaban J connectivity index is 1.57. The van der Waals surface area contributed by atoms with E-state index in [1.165, 1.54) is 17.2 Å². The number of carbonyl (C=O) groups is 1. The summed E-state index contributed by atoms with van der Waals surface area (Å²) in [7, 11) is 3.12. The molecule has 0 atom stereocenters. The van der Waals surface area contributed by atoms with Crippen molar-refractivity contribution in [3.63, 3.8) is 0 Å². The Morgan fingerprint density at radius 3 is 2.47 bits per heavy atom. The molecule has 4 aromatic rings. The predicted octanol–water partition coefficient (Wildman–Crippen LogP) is 5.93. The maximum absolute atomic E-state index is 13.2. The lowest BCUT2D eigenvalue weighted by molar-refractivity contribution is -0.111. The molecule has 1 aliphatic carbocycles. The van der Waals surface area contributed by atoms with Gasteiger partial charge in [-0.3, -0.25) is 4.79 Å². The molecule has 0 fully saturated rings. The van der Waals surface area contributed by atoms with Gasteiger partial charge in [0.05, 0.1) is 14.2 Å². The summed E-state index contributed by atoms with van der Waals surface area (Å²) in [5.74, 6) is 0.722. The van der Waals surface area contributed by atoms with E-state index in [1.807, 2.05) is 43.3 Å². The number of aryl methyl sites for hydroxylation is 3. The van der Waals surface area contributed by atoms with Crippen LogP contribution in [0.5, 0.6) is 11.5 Å². The fourth-order valence-electron chi connectivity index (χ4n) is 4.81. The lowest BCUT2D eigenvalue weighted by Crippen LogP contribution is -2.17. The van der Waals surface area contributed by atoms with Crippen molar-refractivity contribution < 1.29 is 18.7 Å². The van der Waals surface area contributed by atoms with Crippen LogP contribution in [-0.4, -0.2) is 20.1 Å². The Kier molecular flexibility index (Phi) is 6.34. The van der Waals surface area contributed by atoms with Crippen molar-refractivity contribution in [2.45, 2.75) is 26.2 Å². The summed E-state index contributed by atoms with van der Waals surface area (Å²) in [4.78, 5) is 26.1. The third kappa shape index (κ3) is 4.38. The molecule has 0 radical (unpaired) electrons. The van der Waals surface area contributed by atoms with Crippen LogP contribution in [0.3, 0.4) is 0 Å². The molecule has 3 aromatic carbocycles. The number of benzene rings is 3. The van der Waals surface area contributed by atoms with Crippen molar-refractivity contribution in [3.05, 3.63) is 93.3 Å². The molecule has 6 heteroatoms. The van der Waals surface area contributed by atoms with Crippen molar-refractivity contribution in [2.75, 3.05) is 19.5 Å². The number of anilines is 1. The van der Waals surface area contributed by atoms with E-state index >= 15 is 0 Å². The van der Waals surface area contributed by atoms with Gasteiger partial charge in [-0.25, -0.2) is 4.79 Å². The van der Waals surface area contributed by atoms with Gasteiger partial charge in [0.25, 0.3) is 0 Å². The third-order valence-electron chi connectivity index (χ3n) is 6.62. The van der Waals surface area contributed by atoms with Gasteiger partial charge in [0.1, 0.15) is 11.3 Å². The monoisotopic (exact) mass is 481 g/mol. The lowest BCUT2D eigenvalue weighted by Gasteiger charge is -2.15. The SMILES string of the molecule is COc1ccc(C=CC(=O)Nc2c(-c3ccccc3C)c3cc4c(cc3oc2=O)CCC4)cc1OC. The van der Waals surface area contributed by atoms with Gasteiger partial charge >= 0.3 is 5.63 Å². The fourth-order valence-corrected chi connectivity index (χ4v) is 4.81. The van der Waals surface area contributed by atoms with Gasteiger partial charge in [-0.05, 0) is 84.3 Å². The van der Waals surface area contributed by atoms with Gasteiger partial charge in [0.15, 0.2) is 11.5 Å². The number of hydrogen-bond acceptors (Lipinski definition) is 5. The standard InChI is InChI=1S/C30H27NO5/c1-18-7-4-5-10-22(18)28-23-16-20-8-6-9-21(20)17-25(23)36-30(33)29(28)31-27(32)14-12-19-11-13-24(34-2)26(15-19)35-3/h4-5,7,10-17H,6,8-9H2,1-3H3,(H,31,32). The molecule has 1 aliphatic rings. The summed E-state index contributed by atoms with van der Waals surface area (Å²) in [6.07, 6.45) is 6.09. The highest BCUT2D eigenvalue weighted by atomic mass is 16.5. The largest absolute Gasteiger partial charge is 0.493 e. The second kappa shape index (κ2) is 9.74. The van der Waals surface area contributed by atoms with E-state index in [1.54, 1.807) is 32.4 Å². The summed E-state index contributed by atoms with van der Waals surface area (Å²) in [5.41, 5.74) is 5.90. The lowest BCUT2D eigenvalue weighted by atomic mass is 9.94. The quantitative estimate of drug-likeness (QED) is 0.273. The van der Waals surface area contributed by atoms with Crippen molar-refractivity contribution in [3.8, 4) is 22.6 Å². The van der Waals surface area contributed by atoms with E-state index in [2.05, 4.69) is 11.4 Å². The summed E-state index contributed by atoms with van der Waals surface area (Å²) in [6, 6.07) is 17.3. The number of hydrogen-bond donors (Lipinski definition) is 1. The summed E-state index contributed by atoms with van der Waals surface area (Å²) in [6.45, 7) is 1.99. The van der Waals surface area contributed by atoms with E-state index in [-0.39, 0.29) is 5.69 Å². The molecular weight excluding hydrogens is 454 g/mol. The van der Waals surface area contributed by atoms with Crippen LogP contribution < -0.4 is 20.4 Å². The molecule has 5 rings (SSSR count). The first-order valence-corrected chi connectivity index (χ1v) is 11.9. The molecule has 0 saturated heterocycles. The van der Waals surface area contributed by atoms with Crippen LogP contribution >= 0.6 is 0 Å². The van der Waals surface area contributed by atoms with Crippen molar-refractivity contribution >= 4 is 28.6 Å². The molecule has 182 valence electrons. The maximum Gasteiger partial charge on any atom is 0.360 e. The molecule has 1 heterocycles. The number of nitrogens with one attached hydrogen (secondary N) is 1. The third-order valence-corrected chi connectivity index (χ3v) is 6.62. The highest BCUT2D eigenvalue weighted by molar-refractivity contribution is 6.08. The molecule has 0 unspecified atom stereocenters. The number of rotatable bonds is 6. The highest BCUT2D eigenvalue weighted by Crippen LogP contribution is 2.38. The van der Waals surface area contributed by atoms with Crippen molar-refractivity contribution in [2.24, 2.45) is 0 Å². The van der Waals surface area contributed by atoms with Gasteiger partial charge in [-0.1, -0.05) is 30.3 Å². The zero-order valence-electron chi connectivity index (χ0n) is 20.5. The number of fused-ring (bicyclic) bond motifs is 2. The average molecular weight is 482 g/mol. The minimum Gasteiger partial charge on any atom is -0.493 e. The normalized spacial score (nSPS) is 12.6. The maximum atomic E-state index is 13.2. The number of methoxy groups -OCH3 is 2. The molecule has 0 spiro atoms. The molecule has 1 N–H and O–H groups in total. The molecule has 0 saturated carbocycles. The van der Waals surface area contributed by atoms with Crippen LogP contribution in [0.1, 0.15) is 28.7 Å². The second-order valence-corrected chi connectivity index (χ2v) is 8.86. The first-order chi connectivity index (χ1) is 17.5. The molecule has 0 bridgehead atoms. The average Bonchev–Trinajstić information content (AvgIpc) is 3.34. The molecule has 6 nitrogen and oxygen atoms in total. The Labute approximate surface area is 209 Å². The second-order valence-electron chi connectivity index (χ2n) is 8.86. The number of carbonyl (C=O) groups excluding carboxylic acids is 1. The van der Waals surface area contributed by atoms with E-state index in [4.69, 9.17) is 13.9 Å². The van der Waals surface area contributed by atoms with Gasteiger partial charge in [0.2, 0.25) is 5.91 Å². The number of amides is 1. The van der Waals surface area contributed by atoms with Gasteiger partial charge < -0.3 is 19.2 Å². The van der Waals surface area contributed by atoms with E-state index in [0.29, 0.717) is 22.6 Å². The van der Waals surface area contributed by atoms with Gasteiger partial charge in [0, 0.05) is 17.0 Å². The number of ether oxygens (including phenoxy) is 2. The highest BCUT2D eigenvalue weighted by Gasteiger charge is 2.22. The molecule has 1 aromatic heterocycles. The summed E-state index contributed by atoms with van der Waals surface area (Å²) >= 11 is 0. The van der Waals surface area contributed by atoms with Crippen LogP contribution in [0.4, 0.5) is 5.69 Å². The Morgan fingerprint density at radius 1 is 0.972 bits per heavy atom. The smallest absolute Gasteiger partial charge is 0.360 e. The van der Waals surface area contributed by atoms with Crippen LogP contribution in [0.2, 0.25) is 0 Å². The minimum absolute atomic E-state index is 0.136. The summed E-state index contributed by atoms with van der Waals surface area (Å²) < 4.78 is 16.3.